The standard InChI is InChI=1S/C40H47N3/c1-10-29(11-2)38-41-42-39(43(38)36-21-20-31(25-35(36)26(3)4)30-16-13-12-14-17-30)33-19-15-18-32(24-33)37-27(5)22-34(23-28(37)6)40(7,8)9/h12-26,29H,10-11H2,1-9H3. The van der Waals surface area contributed by atoms with Gasteiger partial charge < -0.3 is 0 Å². The van der Waals surface area contributed by atoms with E-state index in [-0.39, 0.29) is 5.41 Å². The molecule has 3 heteroatoms. The predicted octanol–water partition coefficient (Wildman–Crippen LogP) is 11.2. The van der Waals surface area contributed by atoms with Crippen LogP contribution in [0.15, 0.2) is 84.9 Å². The molecule has 0 saturated carbocycles. The molecule has 5 rings (SSSR count). The van der Waals surface area contributed by atoms with Crippen LogP contribution in [0, 0.1) is 13.8 Å². The fourth-order valence-electron chi connectivity index (χ4n) is 6.34. The van der Waals surface area contributed by atoms with Crippen LogP contribution in [0.4, 0.5) is 0 Å². The molecule has 0 aliphatic carbocycles. The van der Waals surface area contributed by atoms with E-state index in [1.165, 1.54) is 50.2 Å². The summed E-state index contributed by atoms with van der Waals surface area (Å²) in [7, 11) is 0. The summed E-state index contributed by atoms with van der Waals surface area (Å²) in [6, 6.07) is 31.1. The van der Waals surface area contributed by atoms with Gasteiger partial charge in [0.1, 0.15) is 5.82 Å². The molecule has 0 spiro atoms. The van der Waals surface area contributed by atoms with Crippen molar-refractivity contribution in [3.8, 4) is 39.3 Å². The molecule has 0 aliphatic heterocycles. The minimum atomic E-state index is 0.113. The normalized spacial score (nSPS) is 12.0. The Hall–Kier alpha value is -3.98. The van der Waals surface area contributed by atoms with Gasteiger partial charge in [-0.1, -0.05) is 115 Å². The third kappa shape index (κ3) is 6.09. The van der Waals surface area contributed by atoms with E-state index in [1.807, 2.05) is 0 Å². The van der Waals surface area contributed by atoms with Crippen LogP contribution in [0.3, 0.4) is 0 Å². The Labute approximate surface area is 259 Å². The van der Waals surface area contributed by atoms with Crippen molar-refractivity contribution in [2.24, 2.45) is 0 Å². The number of aromatic nitrogens is 3. The van der Waals surface area contributed by atoms with Crippen LogP contribution < -0.4 is 0 Å². The van der Waals surface area contributed by atoms with Crippen molar-refractivity contribution in [1.29, 1.82) is 0 Å². The van der Waals surface area contributed by atoms with Crippen LogP contribution in [-0.4, -0.2) is 14.8 Å². The van der Waals surface area contributed by atoms with E-state index in [4.69, 9.17) is 10.2 Å². The van der Waals surface area contributed by atoms with E-state index in [0.29, 0.717) is 11.8 Å². The van der Waals surface area contributed by atoms with Crippen LogP contribution in [0.1, 0.15) is 101 Å². The Morgan fingerprint density at radius 2 is 1.30 bits per heavy atom. The smallest absolute Gasteiger partial charge is 0.168 e. The lowest BCUT2D eigenvalue weighted by atomic mass is 9.82. The van der Waals surface area contributed by atoms with E-state index in [9.17, 15) is 0 Å². The lowest BCUT2D eigenvalue weighted by Crippen LogP contribution is -2.12. The van der Waals surface area contributed by atoms with E-state index < -0.39 is 0 Å². The molecule has 0 unspecified atom stereocenters. The van der Waals surface area contributed by atoms with Crippen LogP contribution in [0.25, 0.3) is 39.3 Å². The minimum absolute atomic E-state index is 0.113. The molecule has 0 atom stereocenters. The van der Waals surface area contributed by atoms with Crippen LogP contribution in [0.5, 0.6) is 0 Å². The quantitative estimate of drug-likeness (QED) is 0.186. The maximum absolute atomic E-state index is 4.90. The molecule has 1 heterocycles. The summed E-state index contributed by atoms with van der Waals surface area (Å²) < 4.78 is 2.35. The molecule has 222 valence electrons. The van der Waals surface area contributed by atoms with Gasteiger partial charge in [0.15, 0.2) is 5.82 Å². The monoisotopic (exact) mass is 569 g/mol. The predicted molar refractivity (Wildman–Crippen MR) is 183 cm³/mol. The molecular weight excluding hydrogens is 522 g/mol. The molecule has 0 bridgehead atoms. The molecule has 4 aromatic carbocycles. The molecule has 0 saturated heterocycles. The molecule has 5 aromatic rings. The van der Waals surface area contributed by atoms with Gasteiger partial charge in [-0.3, -0.25) is 4.57 Å². The third-order valence-corrected chi connectivity index (χ3v) is 8.84. The molecule has 0 radical (unpaired) electrons. The van der Waals surface area contributed by atoms with Gasteiger partial charge in [0.2, 0.25) is 0 Å². The number of hydrogen-bond acceptors (Lipinski definition) is 2. The summed E-state index contributed by atoms with van der Waals surface area (Å²) in [4.78, 5) is 0. The fraction of sp³-hybridized carbons (Fsp3) is 0.350. The number of hydrogen-bond donors (Lipinski definition) is 0. The first kappa shape index (κ1) is 30.5. The average molecular weight is 570 g/mol. The molecule has 3 nitrogen and oxygen atoms in total. The summed E-state index contributed by atoms with van der Waals surface area (Å²) in [6.07, 6.45) is 2.04. The highest BCUT2D eigenvalue weighted by Gasteiger charge is 2.24. The first-order valence-corrected chi connectivity index (χ1v) is 15.9. The highest BCUT2D eigenvalue weighted by molar-refractivity contribution is 5.76. The highest BCUT2D eigenvalue weighted by Crippen LogP contribution is 2.38. The molecule has 0 N–H and O–H groups in total. The zero-order valence-corrected chi connectivity index (χ0v) is 27.5. The van der Waals surface area contributed by atoms with Crippen LogP contribution in [-0.2, 0) is 5.41 Å². The summed E-state index contributed by atoms with van der Waals surface area (Å²) in [6.45, 7) is 20.4. The van der Waals surface area contributed by atoms with Crippen LogP contribution >= 0.6 is 0 Å². The van der Waals surface area contributed by atoms with Crippen molar-refractivity contribution >= 4 is 0 Å². The molecular formula is C40H47N3. The minimum Gasteiger partial charge on any atom is -0.278 e. The maximum atomic E-state index is 4.90. The van der Waals surface area contributed by atoms with E-state index in [1.54, 1.807) is 0 Å². The molecule has 0 amide bonds. The largest absolute Gasteiger partial charge is 0.278 e. The van der Waals surface area contributed by atoms with E-state index in [0.717, 1.165) is 30.1 Å². The van der Waals surface area contributed by atoms with Gasteiger partial charge in [0, 0.05) is 11.5 Å². The van der Waals surface area contributed by atoms with Crippen molar-refractivity contribution in [2.45, 2.75) is 92.4 Å². The Morgan fingerprint density at radius 3 is 1.91 bits per heavy atom. The number of nitrogens with zero attached hydrogens (tertiary/aromatic N) is 3. The van der Waals surface area contributed by atoms with Crippen molar-refractivity contribution in [3.63, 3.8) is 0 Å². The van der Waals surface area contributed by atoms with Gasteiger partial charge in [0.05, 0.1) is 5.69 Å². The SMILES string of the molecule is CCC(CC)c1nnc(-c2cccc(-c3c(C)cc(C(C)(C)C)cc3C)c2)n1-c1ccc(-c2ccccc2)cc1C(C)C. The summed E-state index contributed by atoms with van der Waals surface area (Å²) in [5.74, 6) is 2.61. The van der Waals surface area contributed by atoms with Crippen molar-refractivity contribution in [2.75, 3.05) is 0 Å². The second-order valence-electron chi connectivity index (χ2n) is 13.3. The Kier molecular flexibility index (Phi) is 8.74. The van der Waals surface area contributed by atoms with Gasteiger partial charge in [0.25, 0.3) is 0 Å². The maximum Gasteiger partial charge on any atom is 0.168 e. The van der Waals surface area contributed by atoms with E-state index in [2.05, 4.69) is 152 Å². The van der Waals surface area contributed by atoms with Gasteiger partial charge in [-0.25, -0.2) is 0 Å². The highest BCUT2D eigenvalue weighted by atomic mass is 15.3. The van der Waals surface area contributed by atoms with Crippen molar-refractivity contribution in [1.82, 2.24) is 14.8 Å². The first-order valence-electron chi connectivity index (χ1n) is 15.9. The Morgan fingerprint density at radius 1 is 0.674 bits per heavy atom. The van der Waals surface area contributed by atoms with Gasteiger partial charge in [-0.05, 0) is 101 Å². The topological polar surface area (TPSA) is 30.7 Å². The first-order chi connectivity index (χ1) is 20.5. The van der Waals surface area contributed by atoms with Gasteiger partial charge in [-0.2, -0.15) is 0 Å². The lowest BCUT2D eigenvalue weighted by Gasteiger charge is -2.23. The third-order valence-electron chi connectivity index (χ3n) is 8.84. The van der Waals surface area contributed by atoms with E-state index >= 15 is 0 Å². The summed E-state index contributed by atoms with van der Waals surface area (Å²) in [5.41, 5.74) is 12.6. The number of rotatable bonds is 8. The molecule has 0 aliphatic rings. The Balaban J connectivity index is 1.70. The second kappa shape index (κ2) is 12.3. The molecule has 0 fully saturated rings. The number of benzene rings is 4. The second-order valence-corrected chi connectivity index (χ2v) is 13.3. The fourth-order valence-corrected chi connectivity index (χ4v) is 6.34. The molecule has 43 heavy (non-hydrogen) atoms. The zero-order chi connectivity index (χ0) is 30.9. The van der Waals surface area contributed by atoms with Gasteiger partial charge in [-0.15, -0.1) is 10.2 Å². The van der Waals surface area contributed by atoms with Crippen molar-refractivity contribution in [3.05, 3.63) is 113 Å². The van der Waals surface area contributed by atoms with Gasteiger partial charge >= 0.3 is 0 Å². The van der Waals surface area contributed by atoms with Crippen molar-refractivity contribution < 1.29 is 0 Å². The summed E-state index contributed by atoms with van der Waals surface area (Å²) >= 11 is 0. The summed E-state index contributed by atoms with van der Waals surface area (Å²) in [5, 5.41) is 9.78. The number of aryl methyl sites for hydroxylation is 2. The van der Waals surface area contributed by atoms with Crippen LogP contribution in [0.2, 0.25) is 0 Å². The average Bonchev–Trinajstić information content (AvgIpc) is 3.42. The Bertz CT molecular complexity index is 1690. The lowest BCUT2D eigenvalue weighted by molar-refractivity contribution is 0.589. The molecule has 1 aromatic heterocycles. The zero-order valence-electron chi connectivity index (χ0n) is 27.5.